The van der Waals surface area contributed by atoms with Crippen molar-refractivity contribution in [1.82, 2.24) is 0 Å². The molecule has 0 bridgehead atoms. The normalized spacial score (nSPS) is 11.3. The summed E-state index contributed by atoms with van der Waals surface area (Å²) in [5.74, 6) is 0. The van der Waals surface area contributed by atoms with Crippen molar-refractivity contribution in [1.29, 1.82) is 0 Å². The van der Waals surface area contributed by atoms with E-state index in [0.717, 1.165) is 10.6 Å². The first kappa shape index (κ1) is 12.9. The van der Waals surface area contributed by atoms with Gasteiger partial charge in [0.2, 0.25) is 0 Å². The molecule has 3 aromatic carbocycles. The second kappa shape index (κ2) is 4.90. The third-order valence-corrected chi connectivity index (χ3v) is 5.28. The Morgan fingerprint density at radius 1 is 0.810 bits per heavy atom. The summed E-state index contributed by atoms with van der Waals surface area (Å²) >= 11 is 8.25. The predicted octanol–water partition coefficient (Wildman–Crippen LogP) is 4.63. The van der Waals surface area contributed by atoms with E-state index in [-0.39, 0.29) is 0 Å². The zero-order chi connectivity index (χ0) is 14.4. The van der Waals surface area contributed by atoms with Crippen molar-refractivity contribution in [3.63, 3.8) is 0 Å². The second-order valence-corrected chi connectivity index (χ2v) is 6.78. The summed E-state index contributed by atoms with van der Waals surface area (Å²) in [6.45, 7) is 0. The Kier molecular flexibility index (Phi) is 3.02. The fourth-order valence-corrected chi connectivity index (χ4v) is 4.18. The smallest absolute Gasteiger partial charge is 0.135 e. The lowest BCUT2D eigenvalue weighted by molar-refractivity contribution is 1.68. The molecule has 0 aliphatic heterocycles. The highest BCUT2D eigenvalue weighted by atomic mass is 35.5. The van der Waals surface area contributed by atoms with Crippen LogP contribution in [0.5, 0.6) is 0 Å². The molecular weight excluding hydrogens is 295 g/mol. The van der Waals surface area contributed by atoms with Gasteiger partial charge >= 0.3 is 0 Å². The molecule has 0 aliphatic rings. The fourth-order valence-electron chi connectivity index (χ4n) is 2.75. The summed E-state index contributed by atoms with van der Waals surface area (Å²) in [6, 6.07) is 21.4. The van der Waals surface area contributed by atoms with Crippen LogP contribution in [0.3, 0.4) is 0 Å². The van der Waals surface area contributed by atoms with Gasteiger partial charge in [-0.25, -0.2) is 0 Å². The monoisotopic (exact) mass is 306 g/mol. The number of benzene rings is 3. The van der Waals surface area contributed by atoms with Crippen LogP contribution in [0.25, 0.3) is 31.3 Å². The van der Waals surface area contributed by atoms with Crippen LogP contribution in [0.4, 0.5) is 0 Å². The molecule has 0 amide bonds. The van der Waals surface area contributed by atoms with Gasteiger partial charge < -0.3 is 0 Å². The first-order chi connectivity index (χ1) is 10.2. The van der Waals surface area contributed by atoms with Gasteiger partial charge in [0.25, 0.3) is 0 Å². The minimum absolute atomic E-state index is 0.814. The maximum absolute atomic E-state index is 6.41. The topological polar surface area (TPSA) is 0 Å². The number of hydrogen-bond acceptors (Lipinski definition) is 1. The first-order valence-corrected chi connectivity index (χ1v) is 8.10. The van der Waals surface area contributed by atoms with Gasteiger partial charge in [0, 0.05) is 30.8 Å². The maximum atomic E-state index is 6.41. The molecule has 0 nitrogen and oxygen atoms in total. The summed E-state index contributed by atoms with van der Waals surface area (Å²) in [4.78, 5) is 0. The lowest BCUT2D eigenvalue weighted by Crippen LogP contribution is -2.00. The fraction of sp³-hybridized carbons (Fsp3) is 0. The third kappa shape index (κ3) is 2.15. The van der Waals surface area contributed by atoms with Crippen LogP contribution >= 0.6 is 22.9 Å². The Morgan fingerprint density at radius 2 is 1.62 bits per heavy atom. The van der Waals surface area contributed by atoms with E-state index in [9.17, 15) is 0 Å². The highest BCUT2D eigenvalue weighted by Crippen LogP contribution is 2.37. The molecule has 3 heteroatoms. The lowest BCUT2D eigenvalue weighted by atomic mass is 9.93. The Labute approximate surface area is 133 Å². The Bertz CT molecular complexity index is 971. The van der Waals surface area contributed by atoms with Crippen LogP contribution in [-0.2, 0) is 0 Å². The van der Waals surface area contributed by atoms with Crippen LogP contribution in [0.15, 0.2) is 60.7 Å². The molecule has 0 N–H and O–H groups in total. The average molecular weight is 307 g/mol. The van der Waals surface area contributed by atoms with Crippen molar-refractivity contribution in [3.05, 3.63) is 65.7 Å². The molecule has 21 heavy (non-hydrogen) atoms. The zero-order valence-electron chi connectivity index (χ0n) is 11.6. The lowest BCUT2D eigenvalue weighted by Gasteiger charge is -2.06. The third-order valence-electron chi connectivity index (χ3n) is 3.81. The standard InChI is InChI=1S/C18H12BClS/c19-12-6-7-13(16(20)10-12)11-5-8-18-15(9-11)14-3-1-2-4-17(14)21-18/h1-10H,19H2. The highest BCUT2D eigenvalue weighted by Gasteiger charge is 2.08. The molecule has 1 heterocycles. The van der Waals surface area contributed by atoms with E-state index in [0.29, 0.717) is 0 Å². The largest absolute Gasteiger partial charge is 0.139 e. The van der Waals surface area contributed by atoms with Crippen molar-refractivity contribution in [3.8, 4) is 11.1 Å². The number of hydrogen-bond donors (Lipinski definition) is 0. The molecule has 0 saturated heterocycles. The summed E-state index contributed by atoms with van der Waals surface area (Å²) in [7, 11) is 2.06. The van der Waals surface area contributed by atoms with Crippen LogP contribution in [0, 0.1) is 0 Å². The molecule has 1 aromatic heterocycles. The van der Waals surface area contributed by atoms with Crippen molar-refractivity contribution in [2.45, 2.75) is 0 Å². The Morgan fingerprint density at radius 3 is 2.48 bits per heavy atom. The van der Waals surface area contributed by atoms with E-state index in [2.05, 4.69) is 62.4 Å². The quantitative estimate of drug-likeness (QED) is 0.450. The van der Waals surface area contributed by atoms with Crippen molar-refractivity contribution < 1.29 is 0 Å². The molecule has 0 atom stereocenters. The molecule has 0 radical (unpaired) electrons. The van der Waals surface area contributed by atoms with Gasteiger partial charge in [-0.1, -0.05) is 53.5 Å². The highest BCUT2D eigenvalue weighted by molar-refractivity contribution is 7.25. The Balaban J connectivity index is 1.99. The maximum Gasteiger partial charge on any atom is 0.139 e. The van der Waals surface area contributed by atoms with Gasteiger partial charge in [-0.3, -0.25) is 0 Å². The van der Waals surface area contributed by atoms with Crippen LogP contribution < -0.4 is 5.46 Å². The molecule has 0 unspecified atom stereocenters. The van der Waals surface area contributed by atoms with Crippen LogP contribution in [0.2, 0.25) is 5.02 Å². The zero-order valence-corrected chi connectivity index (χ0v) is 13.1. The van der Waals surface area contributed by atoms with E-state index in [1.54, 1.807) is 0 Å². The molecular formula is C18H12BClS. The summed E-state index contributed by atoms with van der Waals surface area (Å²) in [5, 5.41) is 3.45. The van der Waals surface area contributed by atoms with E-state index in [4.69, 9.17) is 11.6 Å². The van der Waals surface area contributed by atoms with Crippen molar-refractivity contribution >= 4 is 56.4 Å². The van der Waals surface area contributed by atoms with Crippen LogP contribution in [0.1, 0.15) is 0 Å². The Hall–Kier alpha value is -1.77. The second-order valence-electron chi connectivity index (χ2n) is 5.29. The van der Waals surface area contributed by atoms with Gasteiger partial charge in [0.1, 0.15) is 7.85 Å². The SMILES string of the molecule is Bc1ccc(-c2ccc3sc4ccccc4c3c2)c(Cl)c1. The molecule has 0 aliphatic carbocycles. The minimum Gasteiger partial charge on any atom is -0.135 e. The van der Waals surface area contributed by atoms with Gasteiger partial charge in [-0.15, -0.1) is 11.3 Å². The molecule has 4 aromatic rings. The van der Waals surface area contributed by atoms with E-state index < -0.39 is 0 Å². The van der Waals surface area contributed by atoms with Gasteiger partial charge in [-0.05, 0) is 29.8 Å². The van der Waals surface area contributed by atoms with Crippen molar-refractivity contribution in [2.75, 3.05) is 0 Å². The summed E-state index contributed by atoms with van der Waals surface area (Å²) in [5.41, 5.74) is 3.46. The number of fused-ring (bicyclic) bond motifs is 3. The molecule has 0 spiro atoms. The predicted molar refractivity (Wildman–Crippen MR) is 98.0 cm³/mol. The number of thiophene rings is 1. The summed E-state index contributed by atoms with van der Waals surface area (Å²) < 4.78 is 2.66. The average Bonchev–Trinajstić information content (AvgIpc) is 2.85. The number of halogens is 1. The molecule has 100 valence electrons. The number of rotatable bonds is 1. The molecule has 0 fully saturated rings. The van der Waals surface area contributed by atoms with Crippen molar-refractivity contribution in [2.24, 2.45) is 0 Å². The first-order valence-electron chi connectivity index (χ1n) is 6.90. The summed E-state index contributed by atoms with van der Waals surface area (Å²) in [6.07, 6.45) is 0. The van der Waals surface area contributed by atoms with E-state index in [1.165, 1.54) is 31.2 Å². The van der Waals surface area contributed by atoms with E-state index in [1.807, 2.05) is 17.4 Å². The molecule has 4 rings (SSSR count). The van der Waals surface area contributed by atoms with E-state index >= 15 is 0 Å². The minimum atomic E-state index is 0.814. The van der Waals surface area contributed by atoms with Crippen LogP contribution in [-0.4, -0.2) is 7.85 Å². The van der Waals surface area contributed by atoms with Gasteiger partial charge in [0.15, 0.2) is 0 Å². The van der Waals surface area contributed by atoms with Gasteiger partial charge in [0.05, 0.1) is 0 Å². The molecule has 0 saturated carbocycles. The van der Waals surface area contributed by atoms with Gasteiger partial charge in [-0.2, -0.15) is 0 Å².